The first-order valence-corrected chi connectivity index (χ1v) is 6.23. The number of hydrogen-bond acceptors (Lipinski definition) is 3. The van der Waals surface area contributed by atoms with Gasteiger partial charge in [-0.3, -0.25) is 4.90 Å². The van der Waals surface area contributed by atoms with Crippen molar-refractivity contribution in [1.82, 2.24) is 4.90 Å². The second kappa shape index (κ2) is 7.80. The van der Waals surface area contributed by atoms with Crippen molar-refractivity contribution >= 4 is 0 Å². The van der Waals surface area contributed by atoms with Crippen molar-refractivity contribution in [3.63, 3.8) is 0 Å². The van der Waals surface area contributed by atoms with Crippen LogP contribution in [-0.2, 0) is 6.54 Å². The molecule has 0 amide bonds. The molecule has 0 fully saturated rings. The molecular formula is C14H19FN2O. The van der Waals surface area contributed by atoms with Gasteiger partial charge in [-0.2, -0.15) is 5.26 Å². The second-order valence-electron chi connectivity index (χ2n) is 4.27. The van der Waals surface area contributed by atoms with Crippen LogP contribution >= 0.6 is 0 Å². The van der Waals surface area contributed by atoms with E-state index in [-0.39, 0.29) is 12.4 Å². The number of aliphatic hydroxyl groups excluding tert-OH is 1. The number of unbranched alkanes of at least 4 members (excludes halogenated alkanes) is 1. The number of hydrogen-bond donors (Lipinski definition) is 1. The van der Waals surface area contributed by atoms with E-state index < -0.39 is 0 Å². The van der Waals surface area contributed by atoms with E-state index in [1.807, 2.05) is 11.0 Å². The van der Waals surface area contributed by atoms with Crippen LogP contribution in [0.25, 0.3) is 0 Å². The predicted octanol–water partition coefficient (Wildman–Crippen LogP) is 2.29. The molecule has 0 saturated carbocycles. The Hall–Kier alpha value is -1.44. The minimum absolute atomic E-state index is 0.0588. The number of rotatable bonds is 7. The third kappa shape index (κ3) is 4.44. The van der Waals surface area contributed by atoms with Crippen molar-refractivity contribution in [3.8, 4) is 6.07 Å². The van der Waals surface area contributed by atoms with Crippen LogP contribution in [-0.4, -0.2) is 29.7 Å². The number of halogens is 1. The van der Waals surface area contributed by atoms with E-state index in [1.54, 1.807) is 6.07 Å². The zero-order valence-corrected chi connectivity index (χ0v) is 10.7. The van der Waals surface area contributed by atoms with Crippen molar-refractivity contribution in [3.05, 3.63) is 35.1 Å². The molecule has 1 N–H and O–H groups in total. The van der Waals surface area contributed by atoms with Crippen molar-refractivity contribution in [2.45, 2.75) is 26.3 Å². The van der Waals surface area contributed by atoms with Gasteiger partial charge in [0, 0.05) is 18.7 Å². The van der Waals surface area contributed by atoms with E-state index in [4.69, 9.17) is 10.4 Å². The molecule has 4 heteroatoms. The number of nitrogens with zero attached hydrogens (tertiary/aromatic N) is 2. The van der Waals surface area contributed by atoms with Crippen LogP contribution < -0.4 is 0 Å². The average Bonchev–Trinajstić information content (AvgIpc) is 2.38. The summed E-state index contributed by atoms with van der Waals surface area (Å²) < 4.78 is 13.6. The maximum absolute atomic E-state index is 13.6. The molecule has 0 radical (unpaired) electrons. The van der Waals surface area contributed by atoms with Gasteiger partial charge in [-0.05, 0) is 31.2 Å². The van der Waals surface area contributed by atoms with Gasteiger partial charge >= 0.3 is 0 Å². The van der Waals surface area contributed by atoms with E-state index in [0.29, 0.717) is 24.2 Å². The SMILES string of the molecule is CCCCN(CCO)Cc1cc(C#N)ccc1F. The Morgan fingerprint density at radius 1 is 1.39 bits per heavy atom. The normalized spacial score (nSPS) is 10.6. The lowest BCUT2D eigenvalue weighted by Gasteiger charge is -2.21. The highest BCUT2D eigenvalue weighted by Gasteiger charge is 2.09. The minimum atomic E-state index is -0.298. The Bertz CT molecular complexity index is 415. The van der Waals surface area contributed by atoms with Gasteiger partial charge in [0.1, 0.15) is 5.82 Å². The molecule has 0 aromatic heterocycles. The highest BCUT2D eigenvalue weighted by atomic mass is 19.1. The lowest BCUT2D eigenvalue weighted by Crippen LogP contribution is -2.28. The average molecular weight is 250 g/mol. The standard InChI is InChI=1S/C14H19FN2O/c1-2-3-6-17(7-8-18)11-13-9-12(10-16)4-5-14(13)15/h4-5,9,18H,2-3,6-8,11H2,1H3. The van der Waals surface area contributed by atoms with Crippen molar-refractivity contribution in [2.75, 3.05) is 19.7 Å². The summed E-state index contributed by atoms with van der Waals surface area (Å²) in [6.45, 7) is 3.93. The summed E-state index contributed by atoms with van der Waals surface area (Å²) in [6.07, 6.45) is 2.07. The zero-order chi connectivity index (χ0) is 13.4. The Labute approximate surface area is 107 Å². The van der Waals surface area contributed by atoms with Crippen molar-refractivity contribution in [2.24, 2.45) is 0 Å². The fraction of sp³-hybridized carbons (Fsp3) is 0.500. The molecule has 0 aliphatic carbocycles. The molecule has 1 aromatic carbocycles. The largest absolute Gasteiger partial charge is 0.395 e. The molecule has 1 rings (SSSR count). The number of benzene rings is 1. The van der Waals surface area contributed by atoms with Crippen LogP contribution in [0.4, 0.5) is 4.39 Å². The molecule has 1 aromatic rings. The first-order chi connectivity index (χ1) is 8.71. The Kier molecular flexibility index (Phi) is 6.34. The lowest BCUT2D eigenvalue weighted by atomic mass is 10.1. The first-order valence-electron chi connectivity index (χ1n) is 6.23. The van der Waals surface area contributed by atoms with E-state index in [0.717, 1.165) is 19.4 Å². The molecule has 18 heavy (non-hydrogen) atoms. The van der Waals surface area contributed by atoms with Gasteiger partial charge in [0.05, 0.1) is 18.2 Å². The molecule has 0 bridgehead atoms. The summed E-state index contributed by atoms with van der Waals surface area (Å²) in [7, 11) is 0. The molecule has 0 heterocycles. The van der Waals surface area contributed by atoms with Gasteiger partial charge < -0.3 is 5.11 Å². The molecule has 0 spiro atoms. The molecule has 0 aliphatic rings. The fourth-order valence-corrected chi connectivity index (χ4v) is 1.80. The fourth-order valence-electron chi connectivity index (χ4n) is 1.80. The maximum Gasteiger partial charge on any atom is 0.127 e. The topological polar surface area (TPSA) is 47.3 Å². The Morgan fingerprint density at radius 2 is 2.17 bits per heavy atom. The van der Waals surface area contributed by atoms with E-state index in [1.165, 1.54) is 12.1 Å². The summed E-state index contributed by atoms with van der Waals surface area (Å²) >= 11 is 0. The third-order valence-corrected chi connectivity index (χ3v) is 2.81. The molecule has 98 valence electrons. The van der Waals surface area contributed by atoms with E-state index in [9.17, 15) is 4.39 Å². The van der Waals surface area contributed by atoms with Crippen molar-refractivity contribution < 1.29 is 9.50 Å². The van der Waals surface area contributed by atoms with Crippen LogP contribution in [0.2, 0.25) is 0 Å². The van der Waals surface area contributed by atoms with E-state index >= 15 is 0 Å². The Morgan fingerprint density at radius 3 is 2.78 bits per heavy atom. The monoisotopic (exact) mass is 250 g/mol. The second-order valence-corrected chi connectivity index (χ2v) is 4.27. The van der Waals surface area contributed by atoms with Gasteiger partial charge in [0.15, 0.2) is 0 Å². The Balaban J connectivity index is 2.75. The van der Waals surface area contributed by atoms with Crippen LogP contribution in [0.5, 0.6) is 0 Å². The maximum atomic E-state index is 13.6. The number of nitriles is 1. The predicted molar refractivity (Wildman–Crippen MR) is 68.4 cm³/mol. The highest BCUT2D eigenvalue weighted by Crippen LogP contribution is 2.13. The van der Waals surface area contributed by atoms with Crippen molar-refractivity contribution in [1.29, 1.82) is 5.26 Å². The molecule has 0 saturated heterocycles. The van der Waals surface area contributed by atoms with Crippen LogP contribution in [0, 0.1) is 17.1 Å². The molecular weight excluding hydrogens is 231 g/mol. The first kappa shape index (κ1) is 14.6. The quantitative estimate of drug-likeness (QED) is 0.807. The summed E-state index contributed by atoms with van der Waals surface area (Å²) in [4.78, 5) is 2.00. The molecule has 3 nitrogen and oxygen atoms in total. The smallest absolute Gasteiger partial charge is 0.127 e. The molecule has 0 aliphatic heterocycles. The molecule has 0 atom stereocenters. The summed E-state index contributed by atoms with van der Waals surface area (Å²) in [6, 6.07) is 6.38. The van der Waals surface area contributed by atoms with Gasteiger partial charge in [0.2, 0.25) is 0 Å². The van der Waals surface area contributed by atoms with Gasteiger partial charge in [-0.15, -0.1) is 0 Å². The summed E-state index contributed by atoms with van der Waals surface area (Å²) in [5.74, 6) is -0.298. The minimum Gasteiger partial charge on any atom is -0.395 e. The van der Waals surface area contributed by atoms with Gasteiger partial charge in [-0.25, -0.2) is 4.39 Å². The van der Waals surface area contributed by atoms with Gasteiger partial charge in [-0.1, -0.05) is 13.3 Å². The van der Waals surface area contributed by atoms with Gasteiger partial charge in [0.25, 0.3) is 0 Å². The van der Waals surface area contributed by atoms with Crippen LogP contribution in [0.15, 0.2) is 18.2 Å². The summed E-state index contributed by atoms with van der Waals surface area (Å²) in [5.41, 5.74) is 0.976. The summed E-state index contributed by atoms with van der Waals surface area (Å²) in [5, 5.41) is 17.8. The van der Waals surface area contributed by atoms with Crippen LogP contribution in [0.3, 0.4) is 0 Å². The lowest BCUT2D eigenvalue weighted by molar-refractivity contribution is 0.187. The molecule has 0 unspecified atom stereocenters. The highest BCUT2D eigenvalue weighted by molar-refractivity contribution is 5.33. The van der Waals surface area contributed by atoms with E-state index in [2.05, 4.69) is 6.92 Å². The third-order valence-electron chi connectivity index (χ3n) is 2.81. The zero-order valence-electron chi connectivity index (χ0n) is 10.7. The number of aliphatic hydroxyl groups is 1. The van der Waals surface area contributed by atoms with Crippen LogP contribution in [0.1, 0.15) is 30.9 Å².